The molecular weight excluding hydrogens is 308 g/mol. The molecule has 0 aromatic rings. The normalized spacial score (nSPS) is 19.9. The molecular formula is C17H30N4O3. The van der Waals surface area contributed by atoms with Crippen molar-refractivity contribution in [3.63, 3.8) is 0 Å². The highest BCUT2D eigenvalue weighted by Crippen LogP contribution is 2.22. The highest BCUT2D eigenvalue weighted by Gasteiger charge is 2.31. The molecule has 0 atom stereocenters. The number of likely N-dealkylation sites (tertiary alicyclic amines) is 2. The van der Waals surface area contributed by atoms with Crippen molar-refractivity contribution in [2.24, 2.45) is 5.92 Å². The van der Waals surface area contributed by atoms with E-state index in [9.17, 15) is 14.4 Å². The summed E-state index contributed by atoms with van der Waals surface area (Å²) in [5.74, 6) is 0.346. The van der Waals surface area contributed by atoms with Gasteiger partial charge in [0.25, 0.3) is 0 Å². The number of carbonyl (C=O) groups excluding carboxylic acids is 3. The van der Waals surface area contributed by atoms with Crippen molar-refractivity contribution in [2.75, 3.05) is 32.7 Å². The third-order valence-electron chi connectivity index (χ3n) is 4.97. The number of hydrogen-bond donors (Lipinski definition) is 2. The predicted molar refractivity (Wildman–Crippen MR) is 91.4 cm³/mol. The quantitative estimate of drug-likeness (QED) is 0.800. The fraction of sp³-hybridized carbons (Fsp3) is 0.824. The fourth-order valence-corrected chi connectivity index (χ4v) is 3.42. The summed E-state index contributed by atoms with van der Waals surface area (Å²) in [6.45, 7) is 7.04. The molecule has 7 heteroatoms. The van der Waals surface area contributed by atoms with Crippen molar-refractivity contribution in [2.45, 2.75) is 52.0 Å². The first-order valence-electron chi connectivity index (χ1n) is 9.10. The molecule has 2 N–H and O–H groups in total. The van der Waals surface area contributed by atoms with Crippen LogP contribution >= 0.6 is 0 Å². The maximum absolute atomic E-state index is 12.6. The van der Waals surface area contributed by atoms with Crippen LogP contribution in [0.2, 0.25) is 0 Å². The van der Waals surface area contributed by atoms with Crippen LogP contribution in [0.15, 0.2) is 0 Å². The second kappa shape index (κ2) is 8.89. The minimum Gasteiger partial charge on any atom is -0.343 e. The van der Waals surface area contributed by atoms with E-state index in [1.165, 1.54) is 0 Å². The van der Waals surface area contributed by atoms with Crippen molar-refractivity contribution in [1.29, 1.82) is 0 Å². The molecule has 2 fully saturated rings. The Kier molecular flexibility index (Phi) is 6.87. The van der Waals surface area contributed by atoms with Crippen molar-refractivity contribution in [3.05, 3.63) is 0 Å². The summed E-state index contributed by atoms with van der Waals surface area (Å²) in [4.78, 5) is 39.4. The van der Waals surface area contributed by atoms with Gasteiger partial charge in [0.15, 0.2) is 0 Å². The molecule has 0 radical (unpaired) electrons. The molecule has 2 rings (SSSR count). The van der Waals surface area contributed by atoms with Crippen LogP contribution in [0.3, 0.4) is 0 Å². The molecule has 2 heterocycles. The molecule has 7 nitrogen and oxygen atoms in total. The molecule has 0 aromatic carbocycles. The number of hydrogen-bond acceptors (Lipinski definition) is 3. The lowest BCUT2D eigenvalue weighted by atomic mass is 9.94. The molecule has 0 aromatic heterocycles. The number of nitrogens with zero attached hydrogens (tertiary/aromatic N) is 2. The Hall–Kier alpha value is -1.79. The Balaban J connectivity index is 1.71. The lowest BCUT2D eigenvalue weighted by Crippen LogP contribution is -2.51. The molecule has 4 amide bonds. The molecule has 0 saturated carbocycles. The van der Waals surface area contributed by atoms with Gasteiger partial charge >= 0.3 is 6.03 Å². The van der Waals surface area contributed by atoms with E-state index in [1.807, 2.05) is 16.7 Å². The van der Waals surface area contributed by atoms with Gasteiger partial charge in [-0.05, 0) is 32.1 Å². The second-order valence-corrected chi connectivity index (χ2v) is 6.78. The highest BCUT2D eigenvalue weighted by atomic mass is 16.2. The third-order valence-corrected chi connectivity index (χ3v) is 4.97. The minimum atomic E-state index is -0.113. The maximum atomic E-state index is 12.6. The second-order valence-electron chi connectivity index (χ2n) is 6.78. The Morgan fingerprint density at radius 2 is 1.54 bits per heavy atom. The number of urea groups is 1. The van der Waals surface area contributed by atoms with E-state index < -0.39 is 0 Å². The van der Waals surface area contributed by atoms with Gasteiger partial charge in [-0.3, -0.25) is 9.59 Å². The SMILES string of the molecule is CCCNC(=O)NC1CCN(C(=O)C2CCN(C(C)=O)CC2)CC1. The van der Waals surface area contributed by atoms with Gasteiger partial charge in [-0.25, -0.2) is 4.79 Å². The first-order valence-corrected chi connectivity index (χ1v) is 9.10. The van der Waals surface area contributed by atoms with Gasteiger partial charge in [-0.1, -0.05) is 6.92 Å². The molecule has 0 unspecified atom stereocenters. The average molecular weight is 338 g/mol. The summed E-state index contributed by atoms with van der Waals surface area (Å²) < 4.78 is 0. The van der Waals surface area contributed by atoms with Gasteiger partial charge in [0.05, 0.1) is 0 Å². The first-order chi connectivity index (χ1) is 11.5. The van der Waals surface area contributed by atoms with E-state index in [0.717, 1.165) is 32.1 Å². The van der Waals surface area contributed by atoms with E-state index in [0.29, 0.717) is 32.7 Å². The molecule has 0 bridgehead atoms. The molecule has 24 heavy (non-hydrogen) atoms. The topological polar surface area (TPSA) is 81.8 Å². The van der Waals surface area contributed by atoms with Crippen LogP contribution in [0.4, 0.5) is 4.79 Å². The summed E-state index contributed by atoms with van der Waals surface area (Å²) in [5.41, 5.74) is 0. The Labute approximate surface area is 144 Å². The number of nitrogens with one attached hydrogen (secondary N) is 2. The zero-order valence-corrected chi connectivity index (χ0v) is 14.8. The average Bonchev–Trinajstić information content (AvgIpc) is 2.60. The zero-order chi connectivity index (χ0) is 17.5. The van der Waals surface area contributed by atoms with Crippen LogP contribution < -0.4 is 10.6 Å². The molecule has 136 valence electrons. The van der Waals surface area contributed by atoms with Crippen LogP contribution in [0.5, 0.6) is 0 Å². The summed E-state index contributed by atoms with van der Waals surface area (Å²) in [7, 11) is 0. The van der Waals surface area contributed by atoms with Gasteiger partial charge < -0.3 is 20.4 Å². The van der Waals surface area contributed by atoms with Crippen LogP contribution in [0.1, 0.15) is 46.0 Å². The molecule has 2 saturated heterocycles. The summed E-state index contributed by atoms with van der Waals surface area (Å²) >= 11 is 0. The van der Waals surface area contributed by atoms with Gasteiger partial charge in [0, 0.05) is 51.6 Å². The lowest BCUT2D eigenvalue weighted by Gasteiger charge is -2.37. The number of rotatable bonds is 4. The third kappa shape index (κ3) is 5.11. The monoisotopic (exact) mass is 338 g/mol. The van der Waals surface area contributed by atoms with Crippen molar-refractivity contribution in [3.8, 4) is 0 Å². The van der Waals surface area contributed by atoms with E-state index >= 15 is 0 Å². The molecule has 0 spiro atoms. The molecule has 2 aliphatic rings. The van der Waals surface area contributed by atoms with E-state index in [2.05, 4.69) is 10.6 Å². The van der Waals surface area contributed by atoms with Crippen molar-refractivity contribution < 1.29 is 14.4 Å². The van der Waals surface area contributed by atoms with Crippen LogP contribution in [-0.4, -0.2) is 66.4 Å². The van der Waals surface area contributed by atoms with Crippen molar-refractivity contribution in [1.82, 2.24) is 20.4 Å². The van der Waals surface area contributed by atoms with E-state index in [1.54, 1.807) is 6.92 Å². The van der Waals surface area contributed by atoms with Gasteiger partial charge in [-0.15, -0.1) is 0 Å². The summed E-state index contributed by atoms with van der Waals surface area (Å²) in [5, 5.41) is 5.79. The summed E-state index contributed by atoms with van der Waals surface area (Å²) in [6.07, 6.45) is 4.05. The Morgan fingerprint density at radius 1 is 0.958 bits per heavy atom. The molecule has 2 aliphatic heterocycles. The zero-order valence-electron chi connectivity index (χ0n) is 14.8. The van der Waals surface area contributed by atoms with Crippen LogP contribution in [0.25, 0.3) is 0 Å². The largest absolute Gasteiger partial charge is 0.343 e. The van der Waals surface area contributed by atoms with E-state index in [4.69, 9.17) is 0 Å². The van der Waals surface area contributed by atoms with Gasteiger partial charge in [-0.2, -0.15) is 0 Å². The maximum Gasteiger partial charge on any atom is 0.315 e. The smallest absolute Gasteiger partial charge is 0.315 e. The minimum absolute atomic E-state index is 0.0398. The molecule has 0 aliphatic carbocycles. The fourth-order valence-electron chi connectivity index (χ4n) is 3.42. The Morgan fingerprint density at radius 3 is 2.08 bits per heavy atom. The lowest BCUT2D eigenvalue weighted by molar-refractivity contribution is -0.140. The van der Waals surface area contributed by atoms with Gasteiger partial charge in [0.1, 0.15) is 0 Å². The van der Waals surface area contributed by atoms with Gasteiger partial charge in [0.2, 0.25) is 11.8 Å². The van der Waals surface area contributed by atoms with Crippen molar-refractivity contribution >= 4 is 17.8 Å². The highest BCUT2D eigenvalue weighted by molar-refractivity contribution is 5.80. The Bertz CT molecular complexity index is 453. The van der Waals surface area contributed by atoms with Crippen LogP contribution in [-0.2, 0) is 9.59 Å². The first kappa shape index (κ1) is 18.5. The number of amides is 4. The standard InChI is InChI=1S/C17H30N4O3/c1-3-8-18-17(24)19-15-6-11-21(12-7-15)16(23)14-4-9-20(10-5-14)13(2)22/h14-15H,3-12H2,1-2H3,(H2,18,19,24). The number of piperidine rings is 2. The predicted octanol–water partition coefficient (Wildman–Crippen LogP) is 0.945. The number of carbonyl (C=O) groups is 3. The summed E-state index contributed by atoms with van der Waals surface area (Å²) in [6, 6.07) is 0.0312. The van der Waals surface area contributed by atoms with E-state index in [-0.39, 0.29) is 29.8 Å². The van der Waals surface area contributed by atoms with Crippen LogP contribution in [0, 0.1) is 5.92 Å².